The van der Waals surface area contributed by atoms with Crippen molar-refractivity contribution in [1.29, 1.82) is 0 Å². The van der Waals surface area contributed by atoms with Crippen molar-refractivity contribution in [3.05, 3.63) is 29.8 Å². The summed E-state index contributed by atoms with van der Waals surface area (Å²) >= 11 is 8.89. The zero-order chi connectivity index (χ0) is 7.40. The van der Waals surface area contributed by atoms with E-state index in [2.05, 4.69) is 12.6 Å². The summed E-state index contributed by atoms with van der Waals surface area (Å²) in [6.07, 6.45) is 0.864. The molecular formula is C8H8S2. The third-order valence-electron chi connectivity index (χ3n) is 1.26. The van der Waals surface area contributed by atoms with Crippen molar-refractivity contribution in [1.82, 2.24) is 0 Å². The molecule has 1 aromatic rings. The maximum absolute atomic E-state index is 4.72. The number of benzene rings is 1. The van der Waals surface area contributed by atoms with Crippen molar-refractivity contribution in [2.24, 2.45) is 0 Å². The Morgan fingerprint density at radius 3 is 2.40 bits per heavy atom. The first-order valence-electron chi connectivity index (χ1n) is 3.04. The predicted molar refractivity (Wildman–Crippen MR) is 51.1 cm³/mol. The van der Waals surface area contributed by atoms with Gasteiger partial charge in [-0.05, 0) is 23.1 Å². The van der Waals surface area contributed by atoms with E-state index >= 15 is 0 Å². The third-order valence-corrected chi connectivity index (χ3v) is 1.72. The Labute approximate surface area is 71.7 Å². The predicted octanol–water partition coefficient (Wildman–Crippen LogP) is 2.52. The number of thiol groups is 1. The van der Waals surface area contributed by atoms with Crippen molar-refractivity contribution >= 4 is 30.2 Å². The molecule has 0 radical (unpaired) electrons. The molecule has 0 aromatic heterocycles. The van der Waals surface area contributed by atoms with Crippen LogP contribution in [0, 0.1) is 0 Å². The normalized spacial score (nSPS) is 9.30. The van der Waals surface area contributed by atoms with E-state index in [4.69, 9.17) is 12.2 Å². The molecule has 1 aromatic carbocycles. The summed E-state index contributed by atoms with van der Waals surface area (Å²) in [4.78, 5) is 0.994. The molecule has 1 rings (SSSR count). The molecule has 0 saturated heterocycles. The summed E-state index contributed by atoms with van der Waals surface area (Å²) < 4.78 is 0. The monoisotopic (exact) mass is 168 g/mol. The molecule has 0 bridgehead atoms. The van der Waals surface area contributed by atoms with Gasteiger partial charge in [0, 0.05) is 11.3 Å². The van der Waals surface area contributed by atoms with Crippen LogP contribution in [0.4, 0.5) is 0 Å². The smallest absolute Gasteiger partial charge is 0.00401 e. The molecule has 0 saturated carbocycles. The van der Waals surface area contributed by atoms with Crippen molar-refractivity contribution in [3.8, 4) is 0 Å². The number of rotatable bonds is 2. The maximum Gasteiger partial charge on any atom is 0.00401 e. The van der Waals surface area contributed by atoms with Gasteiger partial charge >= 0.3 is 0 Å². The summed E-state index contributed by atoms with van der Waals surface area (Å²) in [5, 5.41) is 1.73. The molecule has 10 heavy (non-hydrogen) atoms. The zero-order valence-electron chi connectivity index (χ0n) is 5.45. The second-order valence-electron chi connectivity index (χ2n) is 2.04. The van der Waals surface area contributed by atoms with Gasteiger partial charge in [0.15, 0.2) is 0 Å². The van der Waals surface area contributed by atoms with E-state index in [9.17, 15) is 0 Å². The lowest BCUT2D eigenvalue weighted by Crippen LogP contribution is -1.81. The van der Waals surface area contributed by atoms with Crippen molar-refractivity contribution in [3.63, 3.8) is 0 Å². The van der Waals surface area contributed by atoms with E-state index in [0.717, 1.165) is 11.3 Å². The zero-order valence-corrected chi connectivity index (χ0v) is 7.16. The molecule has 2 heteroatoms. The van der Waals surface area contributed by atoms with Gasteiger partial charge in [0.25, 0.3) is 0 Å². The number of hydrogen-bond donors (Lipinski definition) is 1. The fraction of sp³-hybridized carbons (Fsp3) is 0.125. The van der Waals surface area contributed by atoms with Crippen molar-refractivity contribution < 1.29 is 0 Å². The van der Waals surface area contributed by atoms with Crippen LogP contribution in [0.15, 0.2) is 29.2 Å². The van der Waals surface area contributed by atoms with Crippen molar-refractivity contribution in [2.75, 3.05) is 0 Å². The molecule has 0 nitrogen and oxygen atoms in total. The van der Waals surface area contributed by atoms with Crippen molar-refractivity contribution in [2.45, 2.75) is 11.3 Å². The highest BCUT2D eigenvalue weighted by atomic mass is 32.1. The summed E-state index contributed by atoms with van der Waals surface area (Å²) in [6.45, 7) is 0. The lowest BCUT2D eigenvalue weighted by Gasteiger charge is -1.94. The van der Waals surface area contributed by atoms with Crippen LogP contribution in [0.2, 0.25) is 0 Å². The Morgan fingerprint density at radius 1 is 1.30 bits per heavy atom. The second kappa shape index (κ2) is 3.74. The second-order valence-corrected chi connectivity index (χ2v) is 2.89. The molecule has 0 atom stereocenters. The van der Waals surface area contributed by atoms with E-state index in [1.807, 2.05) is 24.3 Å². The van der Waals surface area contributed by atoms with Gasteiger partial charge in [-0.25, -0.2) is 0 Å². The SMILES string of the molecule is S=CCc1ccc(S)cc1. The Hall–Kier alpha value is -0.340. The standard InChI is InChI=1S/C8H8S2/c9-6-5-7-1-3-8(10)4-2-7/h1-4,6,10H,5H2. The highest BCUT2D eigenvalue weighted by Gasteiger charge is 1.87. The first-order valence-corrected chi connectivity index (χ1v) is 3.96. The molecule has 0 spiro atoms. The summed E-state index contributed by atoms with van der Waals surface area (Å²) in [5.74, 6) is 0. The minimum Gasteiger partial charge on any atom is -0.143 e. The van der Waals surface area contributed by atoms with E-state index in [1.54, 1.807) is 5.37 Å². The molecule has 0 N–H and O–H groups in total. The number of thiocarbonyl (C=S) groups is 1. The molecule has 0 aliphatic rings. The molecule has 0 unspecified atom stereocenters. The summed E-state index contributed by atoms with van der Waals surface area (Å²) in [6, 6.07) is 8.00. The summed E-state index contributed by atoms with van der Waals surface area (Å²) in [7, 11) is 0. The quantitative estimate of drug-likeness (QED) is 0.523. The van der Waals surface area contributed by atoms with Crippen LogP contribution in [-0.4, -0.2) is 5.37 Å². The van der Waals surface area contributed by atoms with E-state index in [1.165, 1.54) is 5.56 Å². The van der Waals surface area contributed by atoms with Gasteiger partial charge in [-0.2, -0.15) is 0 Å². The van der Waals surface area contributed by atoms with Crippen LogP contribution in [-0.2, 0) is 6.42 Å². The molecule has 0 aliphatic carbocycles. The van der Waals surface area contributed by atoms with Gasteiger partial charge in [-0.1, -0.05) is 24.4 Å². The largest absolute Gasteiger partial charge is 0.143 e. The van der Waals surface area contributed by atoms with Gasteiger partial charge in [0.1, 0.15) is 0 Å². The van der Waals surface area contributed by atoms with Gasteiger partial charge in [0.05, 0.1) is 0 Å². The third kappa shape index (κ3) is 2.12. The summed E-state index contributed by atoms with van der Waals surface area (Å²) in [5.41, 5.74) is 1.24. The van der Waals surface area contributed by atoms with Gasteiger partial charge in [-0.3, -0.25) is 0 Å². The van der Waals surface area contributed by atoms with Crippen LogP contribution in [0.25, 0.3) is 0 Å². The van der Waals surface area contributed by atoms with Crippen LogP contribution >= 0.6 is 24.8 Å². The van der Waals surface area contributed by atoms with Crippen LogP contribution in [0.1, 0.15) is 5.56 Å². The van der Waals surface area contributed by atoms with E-state index in [0.29, 0.717) is 0 Å². The highest BCUT2D eigenvalue weighted by molar-refractivity contribution is 7.80. The lowest BCUT2D eigenvalue weighted by molar-refractivity contribution is 1.33. The minimum absolute atomic E-state index is 0.864. The average Bonchev–Trinajstić information content (AvgIpc) is 1.95. The molecular weight excluding hydrogens is 160 g/mol. The average molecular weight is 168 g/mol. The van der Waals surface area contributed by atoms with E-state index in [-0.39, 0.29) is 0 Å². The maximum atomic E-state index is 4.72. The fourth-order valence-electron chi connectivity index (χ4n) is 0.728. The van der Waals surface area contributed by atoms with Gasteiger partial charge < -0.3 is 0 Å². The topological polar surface area (TPSA) is 0 Å². The van der Waals surface area contributed by atoms with Gasteiger partial charge in [0.2, 0.25) is 0 Å². The first kappa shape index (κ1) is 7.76. The Kier molecular flexibility index (Phi) is 2.90. The highest BCUT2D eigenvalue weighted by Crippen LogP contribution is 2.07. The molecule has 0 aliphatic heterocycles. The lowest BCUT2D eigenvalue weighted by atomic mass is 10.2. The first-order chi connectivity index (χ1) is 4.83. The molecule has 52 valence electrons. The number of hydrogen-bond acceptors (Lipinski definition) is 2. The van der Waals surface area contributed by atoms with Crippen LogP contribution < -0.4 is 0 Å². The Bertz CT molecular complexity index is 213. The van der Waals surface area contributed by atoms with Crippen LogP contribution in [0.5, 0.6) is 0 Å². The van der Waals surface area contributed by atoms with Gasteiger partial charge in [-0.15, -0.1) is 12.6 Å². The van der Waals surface area contributed by atoms with E-state index < -0.39 is 0 Å². The van der Waals surface area contributed by atoms with Crippen LogP contribution in [0.3, 0.4) is 0 Å². The Balaban J connectivity index is 2.78. The minimum atomic E-state index is 0.864. The molecule has 0 heterocycles. The Morgan fingerprint density at radius 2 is 1.90 bits per heavy atom. The molecule has 0 fully saturated rings. The molecule has 0 amide bonds. The fourth-order valence-corrected chi connectivity index (χ4v) is 1.07.